The van der Waals surface area contributed by atoms with Gasteiger partial charge < -0.3 is 55.3 Å². The number of aryl methyl sites for hydroxylation is 1. The molecule has 0 bridgehead atoms. The van der Waals surface area contributed by atoms with Gasteiger partial charge in [0.25, 0.3) is 0 Å². The van der Waals surface area contributed by atoms with E-state index >= 15 is 0 Å². The van der Waals surface area contributed by atoms with Crippen molar-refractivity contribution in [1.82, 2.24) is 50.6 Å². The number of anilines is 1. The highest BCUT2D eigenvalue weighted by Gasteiger charge is 2.64. The van der Waals surface area contributed by atoms with Crippen molar-refractivity contribution >= 4 is 85.7 Å². The number of carbonyl (C=O) groups is 9. The Kier molecular flexibility index (Phi) is 30.9. The van der Waals surface area contributed by atoms with Crippen LogP contribution in [0.2, 0.25) is 0 Å². The van der Waals surface area contributed by atoms with Crippen LogP contribution in [0.15, 0.2) is 41.4 Å². The van der Waals surface area contributed by atoms with Crippen LogP contribution in [-0.2, 0) is 70.4 Å². The minimum Gasteiger partial charge on any atom is -0.481 e. The molecule has 1 saturated heterocycles. The fourth-order valence-electron chi connectivity index (χ4n) is 10.9. The van der Waals surface area contributed by atoms with Gasteiger partial charge in [-0.1, -0.05) is 90.0 Å². The number of carboxylic acid groups (broad SMARTS) is 2. The minimum atomic E-state index is -1.17. The lowest BCUT2D eigenvalue weighted by molar-refractivity contribution is -0.142. The maximum atomic E-state index is 14.1. The predicted octanol–water partition coefficient (Wildman–Crippen LogP) is 7.40. The Morgan fingerprint density at radius 3 is 1.92 bits per heavy atom. The Labute approximate surface area is 539 Å². The van der Waals surface area contributed by atoms with Crippen LogP contribution in [0.25, 0.3) is 22.2 Å². The van der Waals surface area contributed by atoms with Gasteiger partial charge in [0.2, 0.25) is 29.5 Å². The summed E-state index contributed by atoms with van der Waals surface area (Å²) in [6.45, 7) is 6.09. The standard InChI is InChI=1S/C64H90BrN11O15/c1-43-22-25-53(65)72-61(43)73-62(85)50-34-64(3)35-52(64)76(50)58(82)40-75-51-38-67-49(33-47(51)60(74-75)44(2)77)45-36-68-54(69-37-45)39-70-57(81)42-91-32-30-89-28-26-66-56(80)41-90-31-29-88-27-18-19-46(78)23-24-48(63(86)87)71-55(79)20-16-14-12-10-8-6-4-5-7-9-11-13-15-17-21-59(83)84/h22,25,33,36-38,48,50,52H,4-21,23-24,26-32,34-35,39-42H2,1-3H3,(H,66,80)(H,70,81)(H,71,79)(H,83,84)(H,86,87)(H,72,73,85)/t48-,50-,52+,64-/m0/s1. The maximum absolute atomic E-state index is 14.1. The molecule has 1 aliphatic carbocycles. The number of piperidine rings is 1. The molecule has 0 radical (unpaired) electrons. The van der Waals surface area contributed by atoms with Crippen molar-refractivity contribution in [3.05, 3.63) is 58.5 Å². The molecule has 0 spiro atoms. The van der Waals surface area contributed by atoms with E-state index in [1.807, 2.05) is 13.0 Å². The molecule has 6 rings (SSSR count). The van der Waals surface area contributed by atoms with Gasteiger partial charge in [0, 0.05) is 75.1 Å². The molecule has 0 aromatic carbocycles. The molecule has 4 aromatic heterocycles. The predicted molar refractivity (Wildman–Crippen MR) is 338 cm³/mol. The van der Waals surface area contributed by atoms with Gasteiger partial charge in [-0.2, -0.15) is 5.10 Å². The number of carbonyl (C=O) groups excluding carboxylic acids is 7. The van der Waals surface area contributed by atoms with E-state index in [4.69, 9.17) is 24.1 Å². The number of carboxylic acids is 2. The largest absolute Gasteiger partial charge is 0.481 e. The number of ether oxygens (including phenoxy) is 4. The van der Waals surface area contributed by atoms with Crippen molar-refractivity contribution in [1.29, 1.82) is 0 Å². The van der Waals surface area contributed by atoms with E-state index in [0.29, 0.717) is 57.7 Å². The van der Waals surface area contributed by atoms with Crippen LogP contribution in [0, 0.1) is 12.3 Å². The summed E-state index contributed by atoms with van der Waals surface area (Å²) in [5.74, 6) is -3.26. The van der Waals surface area contributed by atoms with E-state index in [0.717, 1.165) is 56.9 Å². The Morgan fingerprint density at radius 1 is 0.692 bits per heavy atom. The summed E-state index contributed by atoms with van der Waals surface area (Å²) in [6, 6.07) is 3.39. The number of amides is 5. The molecule has 1 saturated carbocycles. The van der Waals surface area contributed by atoms with Crippen LogP contribution >= 0.6 is 15.9 Å². The molecule has 498 valence electrons. The molecular formula is C64H90BrN11O15. The van der Waals surface area contributed by atoms with Crippen molar-refractivity contribution in [3.63, 3.8) is 0 Å². The van der Waals surface area contributed by atoms with Crippen LogP contribution in [0.4, 0.5) is 5.82 Å². The zero-order valence-electron chi connectivity index (χ0n) is 52.7. The third kappa shape index (κ3) is 25.4. The molecule has 5 heterocycles. The number of ketones is 2. The second-order valence-electron chi connectivity index (χ2n) is 23.7. The van der Waals surface area contributed by atoms with Gasteiger partial charge >= 0.3 is 11.9 Å². The third-order valence-electron chi connectivity index (χ3n) is 16.1. The summed E-state index contributed by atoms with van der Waals surface area (Å²) >= 11 is 3.35. The first-order valence-electron chi connectivity index (χ1n) is 31.9. The van der Waals surface area contributed by atoms with Crippen molar-refractivity contribution in [2.45, 2.75) is 193 Å². The summed E-state index contributed by atoms with van der Waals surface area (Å²) in [6.07, 6.45) is 22.1. The number of fused-ring (bicyclic) bond motifs is 2. The zero-order chi connectivity index (χ0) is 65.5. The molecule has 91 heavy (non-hydrogen) atoms. The molecule has 2 fully saturated rings. The van der Waals surface area contributed by atoms with Gasteiger partial charge in [-0.05, 0) is 84.5 Å². The Morgan fingerprint density at radius 2 is 1.30 bits per heavy atom. The van der Waals surface area contributed by atoms with Crippen LogP contribution < -0.4 is 21.3 Å². The van der Waals surface area contributed by atoms with E-state index < -0.39 is 29.9 Å². The summed E-state index contributed by atoms with van der Waals surface area (Å²) in [5, 5.41) is 34.2. The van der Waals surface area contributed by atoms with Gasteiger partial charge in [0.15, 0.2) is 5.78 Å². The smallest absolute Gasteiger partial charge is 0.326 e. The van der Waals surface area contributed by atoms with Gasteiger partial charge in [0.05, 0.1) is 57.0 Å². The number of nitrogens with zero attached hydrogens (tertiary/aromatic N) is 7. The average molecular weight is 1330 g/mol. The average Bonchev–Trinajstić information content (AvgIpc) is 1.55. The summed E-state index contributed by atoms with van der Waals surface area (Å²) < 4.78 is 23.8. The second kappa shape index (κ2) is 38.6. The Hall–Kier alpha value is -7.20. The SMILES string of the molecule is CC(=O)c1nn(CC(=O)N2[C@H](C(=O)Nc3nc(Br)ccc3C)C[C@@]3(C)C[C@@H]23)c2cnc(-c3cnc(CNC(=O)COCCOCCNC(=O)COCCOCCCC(=O)CC[C@H](NC(=O)CCCCCCCCCCCCCCCCC(=O)O)C(=O)O)nc3)cc12. The highest BCUT2D eigenvalue weighted by Crippen LogP contribution is 2.59. The molecular weight excluding hydrogens is 1240 g/mol. The first-order valence-corrected chi connectivity index (χ1v) is 32.6. The third-order valence-corrected chi connectivity index (χ3v) is 16.6. The molecule has 6 N–H and O–H groups in total. The monoisotopic (exact) mass is 1330 g/mol. The van der Waals surface area contributed by atoms with Crippen molar-refractivity contribution in [2.24, 2.45) is 5.41 Å². The number of likely N-dealkylation sites (tertiary alicyclic amines) is 1. The zero-order valence-corrected chi connectivity index (χ0v) is 54.3. The lowest BCUT2D eigenvalue weighted by Gasteiger charge is -2.27. The van der Waals surface area contributed by atoms with Crippen LogP contribution in [-0.4, -0.2) is 175 Å². The molecule has 1 aliphatic heterocycles. The number of hydrogen-bond donors (Lipinski definition) is 6. The molecule has 4 aromatic rings. The summed E-state index contributed by atoms with van der Waals surface area (Å²) in [5.41, 5.74) is 2.23. The number of hydrogen-bond acceptors (Lipinski definition) is 18. The maximum Gasteiger partial charge on any atom is 0.326 e. The highest BCUT2D eigenvalue weighted by atomic mass is 79.9. The van der Waals surface area contributed by atoms with E-state index in [2.05, 4.69) is 69.2 Å². The van der Waals surface area contributed by atoms with Crippen LogP contribution in [0.3, 0.4) is 0 Å². The molecule has 0 unspecified atom stereocenters. The highest BCUT2D eigenvalue weighted by molar-refractivity contribution is 9.10. The normalized spacial score (nSPS) is 16.1. The number of unbranched alkanes of at least 4 members (excludes halogenated alkanes) is 13. The number of rotatable bonds is 47. The number of halogens is 1. The fourth-order valence-corrected chi connectivity index (χ4v) is 11.2. The van der Waals surface area contributed by atoms with Crippen LogP contribution in [0.1, 0.15) is 177 Å². The quantitative estimate of drug-likeness (QED) is 0.0142. The molecule has 27 heteroatoms. The molecule has 26 nitrogen and oxygen atoms in total. The summed E-state index contributed by atoms with van der Waals surface area (Å²) in [7, 11) is 0. The van der Waals surface area contributed by atoms with E-state index in [1.165, 1.54) is 56.3 Å². The van der Waals surface area contributed by atoms with Gasteiger partial charge in [-0.3, -0.25) is 48.0 Å². The topological polar surface area (TPSA) is 352 Å². The van der Waals surface area contributed by atoms with E-state index in [9.17, 15) is 48.3 Å². The van der Waals surface area contributed by atoms with E-state index in [-0.39, 0.29) is 157 Å². The molecule has 4 atom stereocenters. The number of pyridine rings is 2. The van der Waals surface area contributed by atoms with Crippen molar-refractivity contribution in [3.8, 4) is 11.3 Å². The number of aliphatic carboxylic acids is 2. The Bertz CT molecular complexity index is 3070. The van der Waals surface area contributed by atoms with Crippen molar-refractivity contribution < 1.29 is 72.3 Å². The van der Waals surface area contributed by atoms with Gasteiger partial charge in [0.1, 0.15) is 59.6 Å². The lowest BCUT2D eigenvalue weighted by atomic mass is 10.0. The van der Waals surface area contributed by atoms with Gasteiger partial charge in [-0.25, -0.2) is 19.7 Å². The second-order valence-corrected chi connectivity index (χ2v) is 24.5. The van der Waals surface area contributed by atoms with E-state index in [1.54, 1.807) is 29.4 Å². The Balaban J connectivity index is 0.736. The first-order chi connectivity index (χ1) is 43.8. The number of nitrogens with one attached hydrogen (secondary N) is 4. The summed E-state index contributed by atoms with van der Waals surface area (Å²) in [4.78, 5) is 132. The lowest BCUT2D eigenvalue weighted by Crippen LogP contribution is -2.47. The minimum absolute atomic E-state index is 0.0152. The van der Waals surface area contributed by atoms with Gasteiger partial charge in [-0.15, -0.1) is 0 Å². The van der Waals surface area contributed by atoms with Crippen LogP contribution in [0.5, 0.6) is 0 Å². The number of aromatic nitrogens is 6. The first kappa shape index (κ1) is 72.9. The molecule has 2 aliphatic rings. The fraction of sp³-hybridized carbons (Fsp3) is 0.625. The van der Waals surface area contributed by atoms with Crippen molar-refractivity contribution in [2.75, 3.05) is 64.7 Å². The number of Topliss-reactive ketones (excluding diaryl/α,β-unsaturated/α-hetero) is 2. The molecule has 5 amide bonds.